The molecule has 4 heterocycles. The van der Waals surface area contributed by atoms with Crippen LogP contribution in [0.3, 0.4) is 0 Å². The van der Waals surface area contributed by atoms with Crippen LogP contribution in [-0.2, 0) is 9.53 Å². The average molecular weight is 906 g/mol. The van der Waals surface area contributed by atoms with Gasteiger partial charge in [-0.3, -0.25) is 14.4 Å². The molecule has 4 aliphatic rings. The number of anilines is 5. The van der Waals surface area contributed by atoms with Crippen LogP contribution in [0.2, 0.25) is 5.02 Å². The molecule has 3 amide bonds. The van der Waals surface area contributed by atoms with Crippen molar-refractivity contribution in [1.82, 2.24) is 30.8 Å². The zero-order chi connectivity index (χ0) is 45.5. The van der Waals surface area contributed by atoms with Crippen molar-refractivity contribution < 1.29 is 28.6 Å². The van der Waals surface area contributed by atoms with Crippen molar-refractivity contribution in [2.75, 3.05) is 60.4 Å². The lowest BCUT2D eigenvalue weighted by atomic mass is 9.93. The Bertz CT molecular complexity index is 2380. The zero-order valence-corrected chi connectivity index (χ0v) is 37.9. The molecule has 3 N–H and O–H groups in total. The second-order valence-electron chi connectivity index (χ2n) is 17.0. The molecule has 3 fully saturated rings. The van der Waals surface area contributed by atoms with Crippen LogP contribution < -0.4 is 40.1 Å². The molecule has 0 unspecified atom stereocenters. The van der Waals surface area contributed by atoms with Crippen LogP contribution in [0.4, 0.5) is 29.0 Å². The summed E-state index contributed by atoms with van der Waals surface area (Å²) >= 11 is 6.15. The van der Waals surface area contributed by atoms with Crippen molar-refractivity contribution in [3.63, 3.8) is 0 Å². The Labute approximate surface area is 384 Å². The van der Waals surface area contributed by atoms with Gasteiger partial charge in [0.05, 0.1) is 48.4 Å². The fourth-order valence-corrected chi connectivity index (χ4v) is 9.51. The highest BCUT2D eigenvalue weighted by Crippen LogP contribution is 2.40. The lowest BCUT2D eigenvalue weighted by molar-refractivity contribution is -0.120. The maximum atomic E-state index is 13.3. The van der Waals surface area contributed by atoms with E-state index in [0.717, 1.165) is 83.1 Å². The number of rotatable bonds is 15. The van der Waals surface area contributed by atoms with E-state index in [2.05, 4.69) is 47.0 Å². The number of nitrogens with one attached hydrogen (secondary N) is 3. The molecule has 2 aromatic carbocycles. The minimum Gasteiger partial charge on any atom is -0.495 e. The fourth-order valence-electron chi connectivity index (χ4n) is 9.29. The van der Waals surface area contributed by atoms with Gasteiger partial charge in [-0.15, -0.1) is 10.2 Å². The van der Waals surface area contributed by atoms with Crippen molar-refractivity contribution in [1.29, 1.82) is 5.26 Å². The first-order valence-electron chi connectivity index (χ1n) is 22.7. The molecule has 2 aliphatic heterocycles. The molecule has 18 heteroatoms. The molecule has 17 nitrogen and oxygen atoms in total. The quantitative estimate of drug-likeness (QED) is 0.108. The summed E-state index contributed by atoms with van der Waals surface area (Å²) in [5.41, 5.74) is 2.43. The predicted octanol–water partition coefficient (Wildman–Crippen LogP) is 6.58. The minimum absolute atomic E-state index is 0.0101. The van der Waals surface area contributed by atoms with E-state index in [1.807, 2.05) is 13.0 Å². The molecule has 2 aromatic heterocycles. The van der Waals surface area contributed by atoms with E-state index in [4.69, 9.17) is 36.1 Å². The molecule has 4 aromatic rings. The van der Waals surface area contributed by atoms with Crippen LogP contribution in [0.25, 0.3) is 0 Å². The van der Waals surface area contributed by atoms with Crippen LogP contribution in [0, 0.1) is 11.3 Å². The molecule has 0 radical (unpaired) electrons. The third-order valence-corrected chi connectivity index (χ3v) is 13.2. The van der Waals surface area contributed by atoms with Crippen LogP contribution in [0.1, 0.15) is 104 Å². The van der Waals surface area contributed by atoms with Crippen LogP contribution in [0.5, 0.6) is 11.5 Å². The molecular weight excluding hydrogens is 850 g/mol. The fraction of sp³-hybridized carbons (Fsp3) is 0.489. The SMILES string of the molecule is CC[C@@H]1C(=O)N(C)c2cnc(Nc3ccc(C(=O)NCCOC4CCN(c5ccc(C(=O)N[C@H]6CC[C@H](Oc7ccc(C#N)c(Cl)c7)CC6)nn5)CC4)cc3OC)nc2N1C1CCCC1. The minimum atomic E-state index is -0.270. The standard InChI is InChI=1S/C47H56ClN11O6/c1-4-39-46(62)57(2)40-28-51-47(54-43(40)59(39)32-7-5-6-8-32)53-37-16-10-29(25-41(37)63-3)44(60)50-21-24-64-33-19-22-58(23-20-33)42-18-17-38(55-56-42)45(61)52-31-11-14-34(15-12-31)65-35-13-9-30(27-49)36(48)26-35/h9-10,13,16-18,25-26,28,31-34,39H,4-8,11-12,14-15,19-24H2,1-3H3,(H,50,60)(H,52,61)(H,51,53,54)/t31-,34-,39-/m1/s1. The maximum absolute atomic E-state index is 13.3. The normalized spacial score (nSPS) is 20.2. The molecule has 2 aliphatic carbocycles. The lowest BCUT2D eigenvalue weighted by Gasteiger charge is -2.43. The van der Waals surface area contributed by atoms with Gasteiger partial charge in [-0.05, 0) is 100 Å². The summed E-state index contributed by atoms with van der Waals surface area (Å²) < 4.78 is 17.9. The van der Waals surface area contributed by atoms with Crippen LogP contribution >= 0.6 is 11.6 Å². The van der Waals surface area contributed by atoms with E-state index in [0.29, 0.717) is 70.4 Å². The number of piperidine rings is 1. The highest BCUT2D eigenvalue weighted by molar-refractivity contribution is 6.31. The summed E-state index contributed by atoms with van der Waals surface area (Å²) in [6, 6.07) is 15.9. The van der Waals surface area contributed by atoms with Gasteiger partial charge in [0.1, 0.15) is 29.3 Å². The smallest absolute Gasteiger partial charge is 0.272 e. The van der Waals surface area contributed by atoms with Crippen molar-refractivity contribution in [3.8, 4) is 17.6 Å². The lowest BCUT2D eigenvalue weighted by Crippen LogP contribution is -2.55. The van der Waals surface area contributed by atoms with E-state index >= 15 is 0 Å². The number of nitrogens with zero attached hydrogens (tertiary/aromatic N) is 8. The zero-order valence-electron chi connectivity index (χ0n) is 37.1. The number of fused-ring (bicyclic) bond motifs is 1. The summed E-state index contributed by atoms with van der Waals surface area (Å²) in [5.74, 6) is 2.50. The molecule has 0 spiro atoms. The van der Waals surface area contributed by atoms with Gasteiger partial charge in [-0.2, -0.15) is 10.2 Å². The first kappa shape index (κ1) is 45.3. The predicted molar refractivity (Wildman–Crippen MR) is 246 cm³/mol. The van der Waals surface area contributed by atoms with E-state index < -0.39 is 0 Å². The monoisotopic (exact) mass is 905 g/mol. The second kappa shape index (κ2) is 20.7. The van der Waals surface area contributed by atoms with E-state index in [-0.39, 0.29) is 53.7 Å². The Morgan fingerprint density at radius 1 is 0.938 bits per heavy atom. The number of methoxy groups -OCH3 is 1. The molecule has 1 saturated heterocycles. The van der Waals surface area contributed by atoms with E-state index in [9.17, 15) is 14.4 Å². The number of benzene rings is 2. The Hall–Kier alpha value is -6.25. The number of likely N-dealkylation sites (N-methyl/N-ethyl adjacent to an activating group) is 1. The molecule has 8 rings (SSSR count). The summed E-state index contributed by atoms with van der Waals surface area (Å²) in [6.07, 6.45) is 11.4. The summed E-state index contributed by atoms with van der Waals surface area (Å²) in [4.78, 5) is 54.9. The summed E-state index contributed by atoms with van der Waals surface area (Å²) in [6.45, 7) is 4.20. The van der Waals surface area contributed by atoms with E-state index in [1.54, 1.807) is 67.7 Å². The van der Waals surface area contributed by atoms with Gasteiger partial charge < -0.3 is 44.9 Å². The van der Waals surface area contributed by atoms with Gasteiger partial charge in [0, 0.05) is 50.4 Å². The van der Waals surface area contributed by atoms with Crippen LogP contribution in [-0.4, -0.2) is 109 Å². The first-order valence-corrected chi connectivity index (χ1v) is 23.0. The van der Waals surface area contributed by atoms with Crippen LogP contribution in [0.15, 0.2) is 54.7 Å². The highest BCUT2D eigenvalue weighted by Gasteiger charge is 2.41. The number of hydrogen-bond donors (Lipinski definition) is 3. The molecule has 2 saturated carbocycles. The number of ether oxygens (including phenoxy) is 3. The number of aromatic nitrogens is 4. The third kappa shape index (κ3) is 10.5. The molecular formula is C47H56ClN11O6. The number of carbonyl (C=O) groups is 3. The summed E-state index contributed by atoms with van der Waals surface area (Å²) in [7, 11) is 3.33. The van der Waals surface area contributed by atoms with Gasteiger partial charge in [0.2, 0.25) is 11.9 Å². The van der Waals surface area contributed by atoms with Crippen molar-refractivity contribution in [2.45, 2.75) is 108 Å². The maximum Gasteiger partial charge on any atom is 0.272 e. The van der Waals surface area contributed by atoms with Crippen molar-refractivity contribution in [2.24, 2.45) is 0 Å². The molecule has 0 bridgehead atoms. The average Bonchev–Trinajstić information content (AvgIpc) is 3.87. The Kier molecular flexibility index (Phi) is 14.4. The van der Waals surface area contributed by atoms with Gasteiger partial charge in [0.15, 0.2) is 17.3 Å². The Morgan fingerprint density at radius 3 is 2.42 bits per heavy atom. The van der Waals surface area contributed by atoms with Gasteiger partial charge in [-0.25, -0.2) is 4.98 Å². The van der Waals surface area contributed by atoms with Gasteiger partial charge in [0.25, 0.3) is 11.8 Å². The number of amides is 3. The topological polar surface area (TPSA) is 200 Å². The number of halogens is 1. The number of nitriles is 1. The summed E-state index contributed by atoms with van der Waals surface area (Å²) in [5, 5.41) is 27.4. The highest BCUT2D eigenvalue weighted by atomic mass is 35.5. The van der Waals surface area contributed by atoms with E-state index in [1.165, 1.54) is 0 Å². The van der Waals surface area contributed by atoms with Crippen molar-refractivity contribution >= 4 is 58.3 Å². The molecule has 1 atom stereocenters. The molecule has 342 valence electrons. The second-order valence-corrected chi connectivity index (χ2v) is 17.4. The number of carbonyl (C=O) groups excluding carboxylic acids is 3. The van der Waals surface area contributed by atoms with Crippen molar-refractivity contribution in [3.05, 3.63) is 76.6 Å². The first-order chi connectivity index (χ1) is 31.6. The largest absolute Gasteiger partial charge is 0.495 e. The van der Waals surface area contributed by atoms with Gasteiger partial charge in [-0.1, -0.05) is 31.4 Å². The Morgan fingerprint density at radius 2 is 1.72 bits per heavy atom. The third-order valence-electron chi connectivity index (χ3n) is 12.9. The number of hydrogen-bond acceptors (Lipinski definition) is 14. The van der Waals surface area contributed by atoms with Gasteiger partial charge >= 0.3 is 0 Å². The molecule has 65 heavy (non-hydrogen) atoms. The Balaban J connectivity index is 0.752.